The summed E-state index contributed by atoms with van der Waals surface area (Å²) in [6.45, 7) is 0. The Morgan fingerprint density at radius 3 is 2.79 bits per heavy atom. The van der Waals surface area contributed by atoms with E-state index in [4.69, 9.17) is 9.52 Å². The molecule has 0 saturated heterocycles. The SMILES string of the molecule is O=C(O)Cc1cc2c(o1)CS(=O)(=O)C2. The maximum Gasteiger partial charge on any atom is 0.311 e. The number of carboxylic acid groups (broad SMARTS) is 1. The molecule has 1 aromatic rings. The summed E-state index contributed by atoms with van der Waals surface area (Å²) in [5.41, 5.74) is 0.598. The summed E-state index contributed by atoms with van der Waals surface area (Å²) in [5.74, 6) is -0.424. The van der Waals surface area contributed by atoms with Crippen LogP contribution in [0.25, 0.3) is 0 Å². The van der Waals surface area contributed by atoms with Crippen molar-refractivity contribution in [1.82, 2.24) is 0 Å². The van der Waals surface area contributed by atoms with E-state index in [-0.39, 0.29) is 17.9 Å². The molecule has 0 radical (unpaired) electrons. The molecule has 0 aromatic carbocycles. The highest BCUT2D eigenvalue weighted by molar-refractivity contribution is 7.90. The third-order valence-electron chi connectivity index (χ3n) is 2.00. The van der Waals surface area contributed by atoms with Gasteiger partial charge in [0.05, 0.1) is 5.75 Å². The summed E-state index contributed by atoms with van der Waals surface area (Å²) in [6.07, 6.45) is -0.201. The highest BCUT2D eigenvalue weighted by atomic mass is 32.2. The van der Waals surface area contributed by atoms with Crippen molar-refractivity contribution in [2.45, 2.75) is 17.9 Å². The van der Waals surface area contributed by atoms with Gasteiger partial charge in [-0.2, -0.15) is 0 Å². The van der Waals surface area contributed by atoms with Crippen LogP contribution in [0.3, 0.4) is 0 Å². The van der Waals surface area contributed by atoms with E-state index in [1.807, 2.05) is 0 Å². The van der Waals surface area contributed by atoms with Gasteiger partial charge in [0.2, 0.25) is 0 Å². The molecule has 14 heavy (non-hydrogen) atoms. The fourth-order valence-corrected chi connectivity index (χ4v) is 2.96. The number of hydrogen-bond acceptors (Lipinski definition) is 4. The van der Waals surface area contributed by atoms with Gasteiger partial charge in [0.15, 0.2) is 9.84 Å². The first-order chi connectivity index (χ1) is 6.46. The molecular formula is C8H8O5S. The van der Waals surface area contributed by atoms with Crippen LogP contribution < -0.4 is 0 Å². The molecule has 0 amide bonds. The molecule has 6 heteroatoms. The standard InChI is InChI=1S/C8H8O5S/c9-8(10)2-6-1-5-3-14(11,12)4-7(5)13-6/h1H,2-4H2,(H,9,10). The van der Waals surface area contributed by atoms with Crippen LogP contribution in [0.5, 0.6) is 0 Å². The second kappa shape index (κ2) is 2.84. The fraction of sp³-hybridized carbons (Fsp3) is 0.375. The van der Waals surface area contributed by atoms with Crippen molar-refractivity contribution in [3.8, 4) is 0 Å². The van der Waals surface area contributed by atoms with Crippen LogP contribution in [0.15, 0.2) is 10.5 Å². The van der Waals surface area contributed by atoms with Crippen molar-refractivity contribution in [2.24, 2.45) is 0 Å². The first-order valence-corrected chi connectivity index (χ1v) is 5.81. The van der Waals surface area contributed by atoms with Crippen LogP contribution in [-0.4, -0.2) is 19.5 Å². The van der Waals surface area contributed by atoms with Gasteiger partial charge in [0.1, 0.15) is 23.7 Å². The minimum absolute atomic E-state index is 0.0363. The Morgan fingerprint density at radius 2 is 2.21 bits per heavy atom. The van der Waals surface area contributed by atoms with Crippen LogP contribution in [0, 0.1) is 0 Å². The second-order valence-corrected chi connectivity index (χ2v) is 5.33. The molecule has 1 aliphatic rings. The van der Waals surface area contributed by atoms with Crippen molar-refractivity contribution in [2.75, 3.05) is 0 Å². The molecule has 2 rings (SSSR count). The normalized spacial score (nSPS) is 18.0. The van der Waals surface area contributed by atoms with Crippen LogP contribution in [-0.2, 0) is 32.6 Å². The summed E-state index contributed by atoms with van der Waals surface area (Å²) in [7, 11) is -3.05. The van der Waals surface area contributed by atoms with E-state index in [1.165, 1.54) is 6.07 Å². The lowest BCUT2D eigenvalue weighted by Crippen LogP contribution is -2.00. The maximum absolute atomic E-state index is 11.1. The van der Waals surface area contributed by atoms with Crippen LogP contribution >= 0.6 is 0 Å². The lowest BCUT2D eigenvalue weighted by molar-refractivity contribution is -0.136. The number of carbonyl (C=O) groups is 1. The summed E-state index contributed by atoms with van der Waals surface area (Å²) in [4.78, 5) is 10.3. The van der Waals surface area contributed by atoms with Gasteiger partial charge in [-0.15, -0.1) is 0 Å². The molecule has 0 bridgehead atoms. The minimum atomic E-state index is -3.05. The van der Waals surface area contributed by atoms with E-state index in [1.54, 1.807) is 0 Å². The Labute approximate surface area is 80.3 Å². The van der Waals surface area contributed by atoms with Crippen molar-refractivity contribution in [1.29, 1.82) is 0 Å². The number of carboxylic acids is 1. The average molecular weight is 216 g/mol. The molecule has 1 aliphatic heterocycles. The van der Waals surface area contributed by atoms with E-state index in [2.05, 4.69) is 0 Å². The molecule has 0 atom stereocenters. The number of rotatable bonds is 2. The topological polar surface area (TPSA) is 84.6 Å². The average Bonchev–Trinajstić information content (AvgIpc) is 2.38. The predicted molar refractivity (Wildman–Crippen MR) is 46.4 cm³/mol. The van der Waals surface area contributed by atoms with E-state index in [0.717, 1.165) is 0 Å². The van der Waals surface area contributed by atoms with Gasteiger partial charge < -0.3 is 9.52 Å². The number of fused-ring (bicyclic) bond motifs is 1. The van der Waals surface area contributed by atoms with Crippen LogP contribution in [0.1, 0.15) is 17.1 Å². The molecule has 0 saturated carbocycles. The lowest BCUT2D eigenvalue weighted by Gasteiger charge is -1.91. The maximum atomic E-state index is 11.1. The van der Waals surface area contributed by atoms with Crippen molar-refractivity contribution >= 4 is 15.8 Å². The molecule has 1 aromatic heterocycles. The minimum Gasteiger partial charge on any atom is -0.481 e. The Hall–Kier alpha value is -1.30. The Kier molecular flexibility index (Phi) is 1.88. The number of hydrogen-bond donors (Lipinski definition) is 1. The molecule has 5 nitrogen and oxygen atoms in total. The van der Waals surface area contributed by atoms with Crippen molar-refractivity contribution in [3.05, 3.63) is 23.2 Å². The zero-order valence-corrected chi connectivity index (χ0v) is 8.00. The van der Waals surface area contributed by atoms with Gasteiger partial charge in [0.25, 0.3) is 0 Å². The number of aliphatic carboxylic acids is 1. The molecule has 0 fully saturated rings. The summed E-state index contributed by atoms with van der Waals surface area (Å²) < 4.78 is 27.3. The molecule has 0 aliphatic carbocycles. The summed E-state index contributed by atoms with van der Waals surface area (Å²) >= 11 is 0. The largest absolute Gasteiger partial charge is 0.481 e. The van der Waals surface area contributed by atoms with Crippen molar-refractivity contribution < 1.29 is 22.7 Å². The molecule has 0 spiro atoms. The van der Waals surface area contributed by atoms with E-state index in [0.29, 0.717) is 17.1 Å². The zero-order valence-electron chi connectivity index (χ0n) is 7.19. The first kappa shape index (κ1) is 9.26. The molecule has 2 heterocycles. The summed E-state index contributed by atoms with van der Waals surface area (Å²) in [5, 5.41) is 8.48. The monoisotopic (exact) mass is 216 g/mol. The first-order valence-electron chi connectivity index (χ1n) is 3.99. The summed E-state index contributed by atoms with van der Waals surface area (Å²) in [6, 6.07) is 1.51. The van der Waals surface area contributed by atoms with E-state index in [9.17, 15) is 13.2 Å². The van der Waals surface area contributed by atoms with Gasteiger partial charge in [-0.3, -0.25) is 4.79 Å². The van der Waals surface area contributed by atoms with Crippen molar-refractivity contribution in [3.63, 3.8) is 0 Å². The molecule has 76 valence electrons. The highest BCUT2D eigenvalue weighted by Crippen LogP contribution is 2.28. The fourth-order valence-electron chi connectivity index (χ4n) is 1.50. The molecule has 0 unspecified atom stereocenters. The Morgan fingerprint density at radius 1 is 1.50 bits per heavy atom. The third-order valence-corrected chi connectivity index (χ3v) is 3.45. The second-order valence-electron chi connectivity index (χ2n) is 3.26. The van der Waals surface area contributed by atoms with Gasteiger partial charge in [-0.25, -0.2) is 8.42 Å². The van der Waals surface area contributed by atoms with Gasteiger partial charge in [-0.05, 0) is 6.07 Å². The van der Waals surface area contributed by atoms with Crippen LogP contribution in [0.4, 0.5) is 0 Å². The highest BCUT2D eigenvalue weighted by Gasteiger charge is 2.29. The van der Waals surface area contributed by atoms with Gasteiger partial charge in [0, 0.05) is 5.56 Å². The van der Waals surface area contributed by atoms with Gasteiger partial charge in [-0.1, -0.05) is 0 Å². The van der Waals surface area contributed by atoms with E-state index < -0.39 is 15.8 Å². The predicted octanol–water partition coefficient (Wildman–Crippen LogP) is 0.335. The lowest BCUT2D eigenvalue weighted by atomic mass is 10.2. The molecule has 1 N–H and O–H groups in total. The molecular weight excluding hydrogens is 208 g/mol. The Bertz CT molecular complexity index is 452. The van der Waals surface area contributed by atoms with Gasteiger partial charge >= 0.3 is 5.97 Å². The smallest absolute Gasteiger partial charge is 0.311 e. The quantitative estimate of drug-likeness (QED) is 0.770. The zero-order chi connectivity index (χ0) is 10.3. The third kappa shape index (κ3) is 1.65. The van der Waals surface area contributed by atoms with Crippen LogP contribution in [0.2, 0.25) is 0 Å². The number of furan rings is 1. The van der Waals surface area contributed by atoms with E-state index >= 15 is 0 Å². The Balaban J connectivity index is 2.27. The number of sulfone groups is 1.